The predicted octanol–water partition coefficient (Wildman–Crippen LogP) is 3.12. The molecule has 0 aliphatic rings. The number of amides is 1. The van der Waals surface area contributed by atoms with E-state index in [4.69, 9.17) is 10.8 Å². The molecule has 5 nitrogen and oxygen atoms in total. The Balaban J connectivity index is 2.33. The summed E-state index contributed by atoms with van der Waals surface area (Å²) in [6, 6.07) is 7.77. The fourth-order valence-electron chi connectivity index (χ4n) is 1.66. The first-order valence-electron chi connectivity index (χ1n) is 5.77. The number of rotatable bonds is 3. The number of carboxylic acid groups (broad SMARTS) is 1. The maximum atomic E-state index is 13.6. The monoisotopic (exact) mass is 352 g/mol. The van der Waals surface area contributed by atoms with E-state index in [0.29, 0.717) is 10.2 Å². The van der Waals surface area contributed by atoms with Crippen LogP contribution in [0.2, 0.25) is 0 Å². The molecule has 2 aromatic rings. The topological polar surface area (TPSA) is 92.4 Å². The largest absolute Gasteiger partial charge is 0.478 e. The van der Waals surface area contributed by atoms with E-state index in [1.54, 1.807) is 12.1 Å². The summed E-state index contributed by atoms with van der Waals surface area (Å²) in [5, 5.41) is 11.2. The predicted molar refractivity (Wildman–Crippen MR) is 79.9 cm³/mol. The van der Waals surface area contributed by atoms with E-state index >= 15 is 0 Å². The van der Waals surface area contributed by atoms with Gasteiger partial charge in [-0.2, -0.15) is 0 Å². The van der Waals surface area contributed by atoms with Crippen molar-refractivity contribution in [2.24, 2.45) is 0 Å². The number of nitrogen functional groups attached to an aromatic ring is 1. The standard InChI is InChI=1S/C14H10BrFN2O3/c15-10-3-2-8(17)6-9(10)13(19)18-12-5-7(14(20)21)1-4-11(12)16/h1-6H,17H2,(H,18,19)(H,20,21). The minimum atomic E-state index is -1.21. The second-order valence-corrected chi connectivity index (χ2v) is 5.05. The molecule has 0 saturated carbocycles. The van der Waals surface area contributed by atoms with Crippen LogP contribution in [-0.4, -0.2) is 17.0 Å². The van der Waals surface area contributed by atoms with Crippen LogP contribution in [0.25, 0.3) is 0 Å². The Morgan fingerprint density at radius 2 is 1.90 bits per heavy atom. The van der Waals surface area contributed by atoms with Gasteiger partial charge in [0.1, 0.15) is 5.82 Å². The van der Waals surface area contributed by atoms with Gasteiger partial charge in [-0.05, 0) is 52.3 Å². The summed E-state index contributed by atoms with van der Waals surface area (Å²) in [4.78, 5) is 23.0. The average molecular weight is 353 g/mol. The van der Waals surface area contributed by atoms with Gasteiger partial charge in [-0.15, -0.1) is 0 Å². The molecule has 7 heteroatoms. The first kappa shape index (κ1) is 15.0. The van der Waals surface area contributed by atoms with E-state index < -0.39 is 17.7 Å². The molecule has 0 spiro atoms. The van der Waals surface area contributed by atoms with Crippen LogP contribution in [0.5, 0.6) is 0 Å². The molecule has 0 aliphatic carbocycles. The maximum absolute atomic E-state index is 13.6. The molecule has 0 fully saturated rings. The number of carboxylic acids is 1. The van der Waals surface area contributed by atoms with E-state index in [-0.39, 0.29) is 16.8 Å². The number of hydrogen-bond donors (Lipinski definition) is 3. The fraction of sp³-hybridized carbons (Fsp3) is 0. The van der Waals surface area contributed by atoms with Crippen LogP contribution in [0.3, 0.4) is 0 Å². The Kier molecular flexibility index (Phi) is 4.23. The molecule has 2 rings (SSSR count). The van der Waals surface area contributed by atoms with Crippen molar-refractivity contribution in [3.63, 3.8) is 0 Å². The number of halogens is 2. The molecule has 4 N–H and O–H groups in total. The van der Waals surface area contributed by atoms with Crippen molar-refractivity contribution in [2.45, 2.75) is 0 Å². The third-order valence-electron chi connectivity index (χ3n) is 2.70. The van der Waals surface area contributed by atoms with Crippen molar-refractivity contribution in [1.29, 1.82) is 0 Å². The molecular weight excluding hydrogens is 343 g/mol. The summed E-state index contributed by atoms with van der Waals surface area (Å²) >= 11 is 3.20. The summed E-state index contributed by atoms with van der Waals surface area (Å²) in [5.74, 6) is -2.54. The highest BCUT2D eigenvalue weighted by atomic mass is 79.9. The lowest BCUT2D eigenvalue weighted by Crippen LogP contribution is -2.14. The van der Waals surface area contributed by atoms with Crippen molar-refractivity contribution in [2.75, 3.05) is 11.1 Å². The van der Waals surface area contributed by atoms with Gasteiger partial charge in [-0.3, -0.25) is 4.79 Å². The van der Waals surface area contributed by atoms with Gasteiger partial charge in [0, 0.05) is 10.2 Å². The molecular formula is C14H10BrFN2O3. The van der Waals surface area contributed by atoms with Gasteiger partial charge in [0.25, 0.3) is 5.91 Å². The average Bonchev–Trinajstić information content (AvgIpc) is 2.43. The quantitative estimate of drug-likeness (QED) is 0.740. The Morgan fingerprint density at radius 1 is 1.19 bits per heavy atom. The highest BCUT2D eigenvalue weighted by molar-refractivity contribution is 9.10. The minimum Gasteiger partial charge on any atom is -0.478 e. The lowest BCUT2D eigenvalue weighted by molar-refractivity contribution is 0.0696. The molecule has 0 heterocycles. The summed E-state index contributed by atoms with van der Waals surface area (Å²) < 4.78 is 14.1. The summed E-state index contributed by atoms with van der Waals surface area (Å²) in [5.41, 5.74) is 5.86. The van der Waals surface area contributed by atoms with Gasteiger partial charge in [0.2, 0.25) is 0 Å². The van der Waals surface area contributed by atoms with Gasteiger partial charge in [-0.1, -0.05) is 0 Å². The molecule has 2 aromatic carbocycles. The van der Waals surface area contributed by atoms with Crippen molar-refractivity contribution in [1.82, 2.24) is 0 Å². The molecule has 0 aromatic heterocycles. The molecule has 0 bridgehead atoms. The molecule has 0 unspecified atom stereocenters. The van der Waals surface area contributed by atoms with Crippen LogP contribution in [0.4, 0.5) is 15.8 Å². The first-order valence-corrected chi connectivity index (χ1v) is 6.57. The normalized spacial score (nSPS) is 10.2. The van der Waals surface area contributed by atoms with Crippen LogP contribution >= 0.6 is 15.9 Å². The van der Waals surface area contributed by atoms with Crippen LogP contribution < -0.4 is 11.1 Å². The zero-order chi connectivity index (χ0) is 15.6. The number of benzene rings is 2. The zero-order valence-electron chi connectivity index (χ0n) is 10.6. The number of nitrogens with two attached hydrogens (primary N) is 1. The van der Waals surface area contributed by atoms with E-state index in [1.165, 1.54) is 6.07 Å². The Bertz CT molecular complexity index is 734. The highest BCUT2D eigenvalue weighted by Gasteiger charge is 2.14. The molecule has 0 atom stereocenters. The molecule has 0 saturated heterocycles. The van der Waals surface area contributed by atoms with Crippen molar-refractivity contribution in [3.8, 4) is 0 Å². The van der Waals surface area contributed by atoms with Gasteiger partial charge in [0.15, 0.2) is 0 Å². The molecule has 0 radical (unpaired) electrons. The molecule has 21 heavy (non-hydrogen) atoms. The SMILES string of the molecule is Nc1ccc(Br)c(C(=O)Nc2cc(C(=O)O)ccc2F)c1. The Hall–Kier alpha value is -2.41. The van der Waals surface area contributed by atoms with Crippen LogP contribution in [0.1, 0.15) is 20.7 Å². The van der Waals surface area contributed by atoms with Crippen LogP contribution in [-0.2, 0) is 0 Å². The third kappa shape index (κ3) is 3.38. The number of carbonyl (C=O) groups is 2. The number of carbonyl (C=O) groups excluding carboxylic acids is 1. The second kappa shape index (κ2) is 5.92. The smallest absolute Gasteiger partial charge is 0.335 e. The molecule has 0 aliphatic heterocycles. The third-order valence-corrected chi connectivity index (χ3v) is 3.39. The van der Waals surface area contributed by atoms with Crippen LogP contribution in [0.15, 0.2) is 40.9 Å². The fourth-order valence-corrected chi connectivity index (χ4v) is 2.09. The van der Waals surface area contributed by atoms with E-state index in [1.807, 2.05) is 0 Å². The summed E-state index contributed by atoms with van der Waals surface area (Å²) in [6.45, 7) is 0. The Morgan fingerprint density at radius 3 is 2.57 bits per heavy atom. The number of anilines is 2. The zero-order valence-corrected chi connectivity index (χ0v) is 12.1. The van der Waals surface area contributed by atoms with Crippen LogP contribution in [0, 0.1) is 5.82 Å². The van der Waals surface area contributed by atoms with Crippen molar-refractivity contribution < 1.29 is 19.1 Å². The van der Waals surface area contributed by atoms with Gasteiger partial charge < -0.3 is 16.2 Å². The Labute approximate surface area is 127 Å². The van der Waals surface area contributed by atoms with Gasteiger partial charge in [0.05, 0.1) is 16.8 Å². The van der Waals surface area contributed by atoms with Crippen molar-refractivity contribution in [3.05, 3.63) is 57.8 Å². The van der Waals surface area contributed by atoms with E-state index in [0.717, 1.165) is 18.2 Å². The second-order valence-electron chi connectivity index (χ2n) is 4.19. The van der Waals surface area contributed by atoms with E-state index in [2.05, 4.69) is 21.2 Å². The molecule has 1 amide bonds. The lowest BCUT2D eigenvalue weighted by Gasteiger charge is -2.09. The van der Waals surface area contributed by atoms with E-state index in [9.17, 15) is 14.0 Å². The molecule has 108 valence electrons. The van der Waals surface area contributed by atoms with Crippen molar-refractivity contribution >= 4 is 39.2 Å². The maximum Gasteiger partial charge on any atom is 0.335 e. The number of nitrogens with one attached hydrogen (secondary N) is 1. The number of hydrogen-bond acceptors (Lipinski definition) is 3. The number of aromatic carboxylic acids is 1. The minimum absolute atomic E-state index is 0.127. The first-order chi connectivity index (χ1) is 9.88. The van der Waals surface area contributed by atoms with Gasteiger partial charge >= 0.3 is 5.97 Å². The van der Waals surface area contributed by atoms with Gasteiger partial charge in [-0.25, -0.2) is 9.18 Å². The summed E-state index contributed by atoms with van der Waals surface area (Å²) in [7, 11) is 0. The summed E-state index contributed by atoms with van der Waals surface area (Å²) in [6.07, 6.45) is 0. The highest BCUT2D eigenvalue weighted by Crippen LogP contribution is 2.22. The lowest BCUT2D eigenvalue weighted by atomic mass is 10.1.